The number of carboxylic acids is 1. The third-order valence-electron chi connectivity index (χ3n) is 3.48. The molecule has 0 aromatic heterocycles. The lowest BCUT2D eigenvalue weighted by atomic mass is 9.93. The Kier molecular flexibility index (Phi) is 4.54. The van der Waals surface area contributed by atoms with Crippen LogP contribution in [0.25, 0.3) is 0 Å². The molecule has 2 atom stereocenters. The lowest BCUT2D eigenvalue weighted by Crippen LogP contribution is -2.58. The highest BCUT2D eigenvalue weighted by Gasteiger charge is 2.49. The number of alkyl carbamates (subject to hydrolysis) is 1. The fourth-order valence-corrected chi connectivity index (χ4v) is 3.54. The molecule has 1 aromatic rings. The highest BCUT2D eigenvalue weighted by atomic mass is 32.2. The summed E-state index contributed by atoms with van der Waals surface area (Å²) < 4.78 is 5.09. The van der Waals surface area contributed by atoms with Gasteiger partial charge in [0.05, 0.1) is 0 Å². The number of carbonyl (C=O) groups is 2. The summed E-state index contributed by atoms with van der Waals surface area (Å²) in [4.78, 5) is 23.3. The monoisotopic (exact) mass is 295 g/mol. The predicted octanol–water partition coefficient (Wildman–Crippen LogP) is 2.26. The van der Waals surface area contributed by atoms with E-state index in [-0.39, 0.29) is 11.9 Å². The summed E-state index contributed by atoms with van der Waals surface area (Å²) in [6.07, 6.45) is -0.278. The third-order valence-corrected chi connectivity index (χ3v) is 4.82. The molecule has 1 heterocycles. The van der Waals surface area contributed by atoms with Crippen LogP contribution in [0, 0.1) is 0 Å². The van der Waals surface area contributed by atoms with Gasteiger partial charge in [0.1, 0.15) is 6.61 Å². The van der Waals surface area contributed by atoms with Gasteiger partial charge >= 0.3 is 12.1 Å². The largest absolute Gasteiger partial charge is 0.479 e. The minimum absolute atomic E-state index is 0.129. The number of nitrogens with one attached hydrogen (secondary N) is 1. The predicted molar refractivity (Wildman–Crippen MR) is 76.7 cm³/mol. The van der Waals surface area contributed by atoms with Crippen LogP contribution in [0.5, 0.6) is 0 Å². The van der Waals surface area contributed by atoms with E-state index < -0.39 is 17.6 Å². The van der Waals surface area contributed by atoms with E-state index in [0.717, 1.165) is 5.56 Å². The lowest BCUT2D eigenvalue weighted by molar-refractivity contribution is -0.144. The van der Waals surface area contributed by atoms with Crippen LogP contribution in [0.15, 0.2) is 30.3 Å². The van der Waals surface area contributed by atoms with Crippen molar-refractivity contribution in [2.75, 3.05) is 5.75 Å². The van der Waals surface area contributed by atoms with Crippen molar-refractivity contribution in [3.05, 3.63) is 35.9 Å². The van der Waals surface area contributed by atoms with Crippen LogP contribution < -0.4 is 5.32 Å². The first-order valence-electron chi connectivity index (χ1n) is 6.38. The Bertz CT molecular complexity index is 493. The maximum atomic E-state index is 11.8. The van der Waals surface area contributed by atoms with Crippen molar-refractivity contribution in [2.24, 2.45) is 0 Å². The van der Waals surface area contributed by atoms with Crippen LogP contribution >= 0.6 is 11.8 Å². The molecule has 0 bridgehead atoms. The Morgan fingerprint density at radius 2 is 2.15 bits per heavy atom. The maximum absolute atomic E-state index is 11.8. The Balaban J connectivity index is 1.94. The standard InChI is InChI=1S/C14H17NO4S/c1-10-14(12(16)17,7-8-20-10)15-13(18)19-9-11-5-3-2-4-6-11/h2-6,10H,7-9H2,1H3,(H,15,18)(H,16,17). The molecule has 1 saturated heterocycles. The average Bonchev–Trinajstić information content (AvgIpc) is 2.80. The van der Waals surface area contributed by atoms with Gasteiger partial charge in [0.15, 0.2) is 5.54 Å². The fraction of sp³-hybridized carbons (Fsp3) is 0.429. The molecule has 0 saturated carbocycles. The highest BCUT2D eigenvalue weighted by molar-refractivity contribution is 8.00. The second-order valence-corrected chi connectivity index (χ2v) is 6.17. The van der Waals surface area contributed by atoms with Crippen molar-refractivity contribution < 1.29 is 19.4 Å². The summed E-state index contributed by atoms with van der Waals surface area (Å²) in [5.74, 6) is -0.293. The molecule has 20 heavy (non-hydrogen) atoms. The molecular formula is C14H17NO4S. The summed E-state index contributed by atoms with van der Waals surface area (Å²) in [6, 6.07) is 9.26. The minimum atomic E-state index is -1.22. The van der Waals surface area contributed by atoms with Gasteiger partial charge in [-0.1, -0.05) is 37.3 Å². The number of hydrogen-bond acceptors (Lipinski definition) is 4. The topological polar surface area (TPSA) is 75.6 Å². The molecule has 1 aliphatic rings. The Morgan fingerprint density at radius 3 is 2.70 bits per heavy atom. The van der Waals surface area contributed by atoms with Gasteiger partial charge < -0.3 is 15.2 Å². The third kappa shape index (κ3) is 3.07. The van der Waals surface area contributed by atoms with Crippen LogP contribution in [-0.4, -0.2) is 33.7 Å². The number of rotatable bonds is 4. The van der Waals surface area contributed by atoms with Gasteiger partial charge in [0.2, 0.25) is 0 Å². The summed E-state index contributed by atoms with van der Waals surface area (Å²) in [7, 11) is 0. The van der Waals surface area contributed by atoms with E-state index in [2.05, 4.69) is 5.32 Å². The number of hydrogen-bond donors (Lipinski definition) is 2. The molecule has 2 N–H and O–H groups in total. The molecule has 5 nitrogen and oxygen atoms in total. The smallest absolute Gasteiger partial charge is 0.408 e. The van der Waals surface area contributed by atoms with E-state index in [1.807, 2.05) is 37.3 Å². The molecule has 6 heteroatoms. The van der Waals surface area contributed by atoms with E-state index >= 15 is 0 Å². The van der Waals surface area contributed by atoms with Gasteiger partial charge in [-0.3, -0.25) is 0 Å². The number of ether oxygens (including phenoxy) is 1. The molecule has 1 aromatic carbocycles. The molecule has 0 radical (unpaired) electrons. The zero-order chi connectivity index (χ0) is 14.6. The van der Waals surface area contributed by atoms with Crippen molar-refractivity contribution >= 4 is 23.8 Å². The van der Waals surface area contributed by atoms with Crippen molar-refractivity contribution in [3.63, 3.8) is 0 Å². The van der Waals surface area contributed by atoms with Crippen LogP contribution in [0.4, 0.5) is 4.79 Å². The molecule has 2 unspecified atom stereocenters. The number of carbonyl (C=O) groups excluding carboxylic acids is 1. The molecule has 1 aliphatic heterocycles. The molecule has 1 fully saturated rings. The van der Waals surface area contributed by atoms with Crippen LogP contribution in [0.1, 0.15) is 18.9 Å². The number of benzene rings is 1. The number of carboxylic acid groups (broad SMARTS) is 1. The fourth-order valence-electron chi connectivity index (χ4n) is 2.18. The first-order valence-corrected chi connectivity index (χ1v) is 7.43. The molecule has 2 rings (SSSR count). The summed E-state index contributed by atoms with van der Waals surface area (Å²) in [5, 5.41) is 11.7. The molecule has 1 amide bonds. The van der Waals surface area contributed by atoms with Crippen LogP contribution in [0.2, 0.25) is 0 Å². The van der Waals surface area contributed by atoms with Crippen molar-refractivity contribution in [2.45, 2.75) is 30.7 Å². The second-order valence-electron chi connectivity index (χ2n) is 4.73. The zero-order valence-corrected chi connectivity index (χ0v) is 12.0. The Labute approximate surface area is 121 Å². The molecule has 0 spiro atoms. The van der Waals surface area contributed by atoms with Crippen LogP contribution in [-0.2, 0) is 16.1 Å². The van der Waals surface area contributed by atoms with Gasteiger partial charge in [-0.05, 0) is 17.7 Å². The van der Waals surface area contributed by atoms with Gasteiger partial charge in [0, 0.05) is 5.25 Å². The Morgan fingerprint density at radius 1 is 1.45 bits per heavy atom. The van der Waals surface area contributed by atoms with Crippen molar-refractivity contribution in [3.8, 4) is 0 Å². The molecular weight excluding hydrogens is 278 g/mol. The SMILES string of the molecule is CC1SCCC1(NC(=O)OCc1ccccc1)C(=O)O. The lowest BCUT2D eigenvalue weighted by Gasteiger charge is -2.28. The number of thioether (sulfide) groups is 1. The second kappa shape index (κ2) is 6.17. The molecule has 108 valence electrons. The normalized spacial score (nSPS) is 25.1. The average molecular weight is 295 g/mol. The zero-order valence-electron chi connectivity index (χ0n) is 11.2. The van der Waals surface area contributed by atoms with E-state index in [0.29, 0.717) is 12.2 Å². The van der Waals surface area contributed by atoms with E-state index in [9.17, 15) is 14.7 Å². The van der Waals surface area contributed by atoms with Gasteiger partial charge in [0.25, 0.3) is 0 Å². The first-order chi connectivity index (χ1) is 9.54. The summed E-state index contributed by atoms with van der Waals surface area (Å²) in [6.45, 7) is 1.94. The van der Waals surface area contributed by atoms with Crippen LogP contribution in [0.3, 0.4) is 0 Å². The summed E-state index contributed by atoms with van der Waals surface area (Å²) in [5.41, 5.74) is -0.362. The minimum Gasteiger partial charge on any atom is -0.479 e. The first kappa shape index (κ1) is 14.7. The van der Waals surface area contributed by atoms with Gasteiger partial charge in [-0.25, -0.2) is 9.59 Å². The summed E-state index contributed by atoms with van der Waals surface area (Å²) >= 11 is 1.54. The van der Waals surface area contributed by atoms with Gasteiger partial charge in [-0.15, -0.1) is 0 Å². The number of amides is 1. The van der Waals surface area contributed by atoms with E-state index in [1.54, 1.807) is 0 Å². The van der Waals surface area contributed by atoms with Crippen molar-refractivity contribution in [1.29, 1.82) is 0 Å². The maximum Gasteiger partial charge on any atom is 0.408 e. The van der Waals surface area contributed by atoms with E-state index in [1.165, 1.54) is 11.8 Å². The Hall–Kier alpha value is -1.69. The number of aliphatic carboxylic acids is 1. The molecule has 0 aliphatic carbocycles. The van der Waals surface area contributed by atoms with Gasteiger partial charge in [-0.2, -0.15) is 11.8 Å². The van der Waals surface area contributed by atoms with Crippen molar-refractivity contribution in [1.82, 2.24) is 5.32 Å². The highest BCUT2D eigenvalue weighted by Crippen LogP contribution is 2.36. The van der Waals surface area contributed by atoms with E-state index in [4.69, 9.17) is 4.74 Å². The quantitative estimate of drug-likeness (QED) is 0.891.